The van der Waals surface area contributed by atoms with Gasteiger partial charge in [-0.2, -0.15) is 4.98 Å². The Balaban J connectivity index is 2.00. The van der Waals surface area contributed by atoms with Gasteiger partial charge in [-0.3, -0.25) is 4.99 Å². The van der Waals surface area contributed by atoms with Crippen LogP contribution in [0.2, 0.25) is 0 Å². The van der Waals surface area contributed by atoms with Crippen molar-refractivity contribution in [3.05, 3.63) is 53.7 Å². The predicted molar refractivity (Wildman–Crippen MR) is 113 cm³/mol. The number of nitrogens with zero attached hydrogens (tertiary/aromatic N) is 3. The summed E-state index contributed by atoms with van der Waals surface area (Å²) in [6, 6.07) is 4.38. The summed E-state index contributed by atoms with van der Waals surface area (Å²) in [4.78, 5) is 12.9. The van der Waals surface area contributed by atoms with E-state index in [1.165, 1.54) is 18.3 Å². The Morgan fingerprint density at radius 3 is 2.89 bits per heavy atom. The highest BCUT2D eigenvalue weighted by Crippen LogP contribution is 2.33. The molecule has 1 aliphatic rings. The van der Waals surface area contributed by atoms with E-state index in [4.69, 9.17) is 11.5 Å². The molecule has 8 heteroatoms. The number of rotatable bonds is 6. The van der Waals surface area contributed by atoms with Gasteiger partial charge in [0.25, 0.3) is 0 Å². The van der Waals surface area contributed by atoms with Crippen LogP contribution >= 0.6 is 0 Å². The lowest BCUT2D eigenvalue weighted by molar-refractivity contribution is 0.632. The lowest BCUT2D eigenvalue weighted by Crippen LogP contribution is -2.10. The molecule has 146 valence electrons. The van der Waals surface area contributed by atoms with Crippen molar-refractivity contribution in [2.45, 2.75) is 25.7 Å². The van der Waals surface area contributed by atoms with E-state index in [2.05, 4.69) is 31.7 Å². The highest BCUT2D eigenvalue weighted by Gasteiger charge is 2.16. The number of aliphatic imine (C=N–C) groups is 1. The van der Waals surface area contributed by atoms with E-state index < -0.39 is 5.82 Å². The molecule has 28 heavy (non-hydrogen) atoms. The predicted octanol–water partition coefficient (Wildman–Crippen LogP) is 3.81. The topological polar surface area (TPSA) is 114 Å². The van der Waals surface area contributed by atoms with Crippen molar-refractivity contribution in [3.63, 3.8) is 0 Å². The van der Waals surface area contributed by atoms with Crippen molar-refractivity contribution in [3.8, 4) is 0 Å². The molecule has 0 atom stereocenters. The fourth-order valence-corrected chi connectivity index (χ4v) is 3.01. The van der Waals surface area contributed by atoms with Gasteiger partial charge in [0.15, 0.2) is 0 Å². The Labute approximate surface area is 163 Å². The van der Waals surface area contributed by atoms with Crippen LogP contribution in [0.4, 0.5) is 27.5 Å². The van der Waals surface area contributed by atoms with Crippen LogP contribution in [0.5, 0.6) is 0 Å². The summed E-state index contributed by atoms with van der Waals surface area (Å²) >= 11 is 0. The summed E-state index contributed by atoms with van der Waals surface area (Å²) in [7, 11) is 1.64. The van der Waals surface area contributed by atoms with Gasteiger partial charge in [0.2, 0.25) is 5.95 Å². The van der Waals surface area contributed by atoms with Gasteiger partial charge >= 0.3 is 0 Å². The molecule has 1 aromatic heterocycles. The maximum Gasteiger partial charge on any atom is 0.229 e. The molecule has 1 heterocycles. The van der Waals surface area contributed by atoms with Crippen molar-refractivity contribution in [2.24, 2.45) is 10.7 Å². The summed E-state index contributed by atoms with van der Waals surface area (Å²) in [6.45, 7) is 0. The fraction of sp³-hybridized carbons (Fsp3) is 0.250. The number of halogens is 1. The molecule has 6 N–H and O–H groups in total. The molecule has 1 aromatic carbocycles. The van der Waals surface area contributed by atoms with Crippen LogP contribution in [0.1, 0.15) is 31.2 Å². The summed E-state index contributed by atoms with van der Waals surface area (Å²) in [6.07, 6.45) is 11.1. The molecule has 2 aromatic rings. The zero-order valence-corrected chi connectivity index (χ0v) is 15.7. The van der Waals surface area contributed by atoms with Crippen LogP contribution in [0.25, 0.3) is 5.57 Å². The van der Waals surface area contributed by atoms with E-state index in [9.17, 15) is 4.39 Å². The van der Waals surface area contributed by atoms with Gasteiger partial charge in [-0.25, -0.2) is 9.37 Å². The number of allylic oxidation sites excluding steroid dienone is 3. The maximum absolute atomic E-state index is 14.3. The molecule has 0 spiro atoms. The summed E-state index contributed by atoms with van der Waals surface area (Å²) in [5.74, 6) is 0.412. The largest absolute Gasteiger partial charge is 0.403 e. The van der Waals surface area contributed by atoms with Crippen molar-refractivity contribution in [1.82, 2.24) is 9.97 Å². The molecule has 7 nitrogen and oxygen atoms in total. The first-order valence-electron chi connectivity index (χ1n) is 9.10. The Hall–Kier alpha value is -3.42. The van der Waals surface area contributed by atoms with Gasteiger partial charge in [0, 0.05) is 36.9 Å². The van der Waals surface area contributed by atoms with Crippen LogP contribution in [0.15, 0.2) is 47.4 Å². The molecule has 0 aliphatic heterocycles. The van der Waals surface area contributed by atoms with Crippen molar-refractivity contribution in [1.29, 1.82) is 0 Å². The lowest BCUT2D eigenvalue weighted by atomic mass is 9.95. The Kier molecular flexibility index (Phi) is 6.21. The average molecular weight is 381 g/mol. The first kappa shape index (κ1) is 19.3. The van der Waals surface area contributed by atoms with Gasteiger partial charge in [-0.1, -0.05) is 6.08 Å². The molecule has 0 bridgehead atoms. The van der Waals surface area contributed by atoms with E-state index in [-0.39, 0.29) is 5.69 Å². The number of hydrogen-bond donors (Lipinski definition) is 4. The number of aromatic nitrogens is 2. The maximum atomic E-state index is 14.3. The highest BCUT2D eigenvalue weighted by atomic mass is 19.1. The van der Waals surface area contributed by atoms with Gasteiger partial charge in [-0.15, -0.1) is 0 Å². The molecule has 0 radical (unpaired) electrons. The van der Waals surface area contributed by atoms with Crippen LogP contribution in [0, 0.1) is 5.82 Å². The molecule has 0 saturated carbocycles. The van der Waals surface area contributed by atoms with Crippen LogP contribution < -0.4 is 22.1 Å². The van der Waals surface area contributed by atoms with E-state index in [0.717, 1.165) is 36.8 Å². The number of anilines is 4. The first-order valence-corrected chi connectivity index (χ1v) is 9.10. The number of nitrogen functional groups attached to an aromatic ring is 1. The second-order valence-electron chi connectivity index (χ2n) is 6.43. The fourth-order valence-electron chi connectivity index (χ4n) is 3.01. The monoisotopic (exact) mass is 381 g/mol. The highest BCUT2D eigenvalue weighted by molar-refractivity contribution is 5.83. The average Bonchev–Trinajstić information content (AvgIpc) is 2.71. The molecular formula is C20H24FN7. The van der Waals surface area contributed by atoms with Crippen molar-refractivity contribution < 1.29 is 4.39 Å². The number of nitrogens with one attached hydrogen (secondary N) is 2. The minimum atomic E-state index is -0.411. The third kappa shape index (κ3) is 4.64. The number of benzene rings is 1. The smallest absolute Gasteiger partial charge is 0.229 e. The van der Waals surface area contributed by atoms with Crippen LogP contribution in [-0.2, 0) is 0 Å². The van der Waals surface area contributed by atoms with Crippen LogP contribution in [-0.4, -0.2) is 23.2 Å². The third-order valence-corrected chi connectivity index (χ3v) is 4.37. The van der Waals surface area contributed by atoms with Crippen molar-refractivity contribution in [2.75, 3.05) is 23.4 Å². The SMILES string of the molecule is CN=C/C(=C\N)Nc1ncc(C2=CCCCC2)c(Nc2cc(N)ccc2F)n1. The molecular weight excluding hydrogens is 357 g/mol. The molecule has 0 unspecified atom stereocenters. The third-order valence-electron chi connectivity index (χ3n) is 4.37. The minimum Gasteiger partial charge on any atom is -0.403 e. The summed E-state index contributed by atoms with van der Waals surface area (Å²) in [5.41, 5.74) is 14.7. The van der Waals surface area contributed by atoms with Gasteiger partial charge in [0.1, 0.15) is 11.6 Å². The molecule has 0 saturated heterocycles. The Morgan fingerprint density at radius 2 is 2.18 bits per heavy atom. The second-order valence-corrected chi connectivity index (χ2v) is 6.43. The van der Waals surface area contributed by atoms with Gasteiger partial charge in [0.05, 0.1) is 11.4 Å². The van der Waals surface area contributed by atoms with E-state index in [1.54, 1.807) is 25.5 Å². The second kappa shape index (κ2) is 8.98. The quantitative estimate of drug-likeness (QED) is 0.447. The Morgan fingerprint density at radius 1 is 1.32 bits per heavy atom. The van der Waals surface area contributed by atoms with Gasteiger partial charge < -0.3 is 22.1 Å². The normalized spacial score (nSPS) is 14.8. The number of hydrogen-bond acceptors (Lipinski definition) is 7. The molecule has 3 rings (SSSR count). The minimum absolute atomic E-state index is 0.257. The summed E-state index contributed by atoms with van der Waals surface area (Å²) in [5, 5.41) is 6.07. The lowest BCUT2D eigenvalue weighted by Gasteiger charge is -2.18. The Bertz CT molecular complexity index is 934. The zero-order valence-electron chi connectivity index (χ0n) is 15.7. The standard InChI is InChI=1S/C20H24FN7/c1-24-11-15(10-22)26-20-25-12-16(13-5-3-2-4-6-13)19(28-20)27-18-9-14(23)7-8-17(18)21/h5,7-12H,2-4,6,22-23H2,1H3,(H2,25,26,27,28)/b15-10+,24-11?. The first-order chi connectivity index (χ1) is 13.6. The molecule has 0 fully saturated rings. The van der Waals surface area contributed by atoms with Gasteiger partial charge in [-0.05, 0) is 49.5 Å². The molecule has 1 aliphatic carbocycles. The van der Waals surface area contributed by atoms with Crippen LogP contribution in [0.3, 0.4) is 0 Å². The zero-order chi connectivity index (χ0) is 19.9. The van der Waals surface area contributed by atoms with E-state index >= 15 is 0 Å². The van der Waals surface area contributed by atoms with E-state index in [1.807, 2.05) is 0 Å². The number of nitrogens with two attached hydrogens (primary N) is 2. The molecule has 0 amide bonds. The van der Waals surface area contributed by atoms with E-state index in [0.29, 0.717) is 23.2 Å². The van der Waals surface area contributed by atoms with Crippen molar-refractivity contribution >= 4 is 34.9 Å². The summed E-state index contributed by atoms with van der Waals surface area (Å²) < 4.78 is 14.3.